The highest BCUT2D eigenvalue weighted by Crippen LogP contribution is 2.04. The van der Waals surface area contributed by atoms with Gasteiger partial charge in [0, 0.05) is 13.2 Å². The van der Waals surface area contributed by atoms with Crippen LogP contribution in [-0.4, -0.2) is 25.7 Å². The Morgan fingerprint density at radius 1 is 1.28 bits per heavy atom. The lowest BCUT2D eigenvalue weighted by atomic mass is 10.1. The van der Waals surface area contributed by atoms with Gasteiger partial charge in [0.25, 0.3) is 0 Å². The Hall–Kier alpha value is -1.39. The van der Waals surface area contributed by atoms with Crippen LogP contribution in [0, 0.1) is 0 Å². The smallest absolute Gasteiger partial charge is 0.246 e. The molecule has 1 aromatic rings. The Morgan fingerprint density at radius 2 is 1.94 bits per heavy atom. The zero-order valence-corrected chi connectivity index (χ0v) is 10.9. The summed E-state index contributed by atoms with van der Waals surface area (Å²) in [5.41, 5.74) is 7.79. The molecule has 1 rings (SSSR count). The van der Waals surface area contributed by atoms with Gasteiger partial charge < -0.3 is 15.8 Å². The predicted molar refractivity (Wildman–Crippen MR) is 72.2 cm³/mol. The van der Waals surface area contributed by atoms with Crippen LogP contribution < -0.4 is 11.1 Å². The van der Waals surface area contributed by atoms with Crippen molar-refractivity contribution in [3.63, 3.8) is 0 Å². The highest BCUT2D eigenvalue weighted by Gasteiger charge is 2.01. The average Bonchev–Trinajstić information content (AvgIpc) is 2.39. The van der Waals surface area contributed by atoms with E-state index in [4.69, 9.17) is 10.5 Å². The summed E-state index contributed by atoms with van der Waals surface area (Å²) in [7, 11) is 0. The molecule has 18 heavy (non-hydrogen) atoms. The number of benzene rings is 1. The SMILES string of the molecule is CCCOCC(=O)NCc1ccc(CCN)cc1. The number of hydrogen-bond acceptors (Lipinski definition) is 3. The lowest BCUT2D eigenvalue weighted by Gasteiger charge is -2.06. The summed E-state index contributed by atoms with van der Waals surface area (Å²) in [4.78, 5) is 11.4. The van der Waals surface area contributed by atoms with Crippen LogP contribution in [-0.2, 0) is 22.5 Å². The van der Waals surface area contributed by atoms with Gasteiger partial charge in [0.05, 0.1) is 0 Å². The predicted octanol–water partition coefficient (Wildman–Crippen LogP) is 1.23. The summed E-state index contributed by atoms with van der Waals surface area (Å²) in [6, 6.07) is 8.11. The molecule has 4 nitrogen and oxygen atoms in total. The van der Waals surface area contributed by atoms with Crippen molar-refractivity contribution in [1.82, 2.24) is 5.32 Å². The molecule has 0 aliphatic heterocycles. The van der Waals surface area contributed by atoms with Gasteiger partial charge in [-0.05, 0) is 30.5 Å². The van der Waals surface area contributed by atoms with E-state index in [0.29, 0.717) is 19.7 Å². The fourth-order valence-corrected chi connectivity index (χ4v) is 1.55. The standard InChI is InChI=1S/C14H22N2O2/c1-2-9-18-11-14(17)16-10-13-5-3-12(4-6-13)7-8-15/h3-6H,2,7-11,15H2,1H3,(H,16,17). The number of carbonyl (C=O) groups excluding carboxylic acids is 1. The van der Waals surface area contributed by atoms with Gasteiger partial charge in [0.2, 0.25) is 5.91 Å². The van der Waals surface area contributed by atoms with E-state index in [1.807, 2.05) is 31.2 Å². The second-order valence-corrected chi connectivity index (χ2v) is 4.18. The lowest BCUT2D eigenvalue weighted by Crippen LogP contribution is -2.27. The molecule has 0 atom stereocenters. The molecular weight excluding hydrogens is 228 g/mol. The van der Waals surface area contributed by atoms with Gasteiger partial charge >= 0.3 is 0 Å². The Kier molecular flexibility index (Phi) is 7.06. The van der Waals surface area contributed by atoms with Crippen LogP contribution >= 0.6 is 0 Å². The molecule has 1 amide bonds. The fourth-order valence-electron chi connectivity index (χ4n) is 1.55. The van der Waals surface area contributed by atoms with Gasteiger partial charge in [0.15, 0.2) is 0 Å². The molecule has 0 spiro atoms. The van der Waals surface area contributed by atoms with Crippen molar-refractivity contribution in [3.05, 3.63) is 35.4 Å². The molecule has 0 bridgehead atoms. The monoisotopic (exact) mass is 250 g/mol. The number of amides is 1. The highest BCUT2D eigenvalue weighted by atomic mass is 16.5. The molecule has 0 fully saturated rings. The van der Waals surface area contributed by atoms with E-state index in [-0.39, 0.29) is 12.5 Å². The summed E-state index contributed by atoms with van der Waals surface area (Å²) in [5, 5.41) is 2.82. The van der Waals surface area contributed by atoms with Gasteiger partial charge in [-0.25, -0.2) is 0 Å². The summed E-state index contributed by atoms with van der Waals surface area (Å²) in [6.45, 7) is 3.98. The molecule has 0 radical (unpaired) electrons. The van der Waals surface area contributed by atoms with Crippen molar-refractivity contribution < 1.29 is 9.53 Å². The van der Waals surface area contributed by atoms with E-state index in [1.165, 1.54) is 5.56 Å². The third-order valence-corrected chi connectivity index (χ3v) is 2.53. The lowest BCUT2D eigenvalue weighted by molar-refractivity contribution is -0.125. The van der Waals surface area contributed by atoms with Crippen LogP contribution in [0.2, 0.25) is 0 Å². The van der Waals surface area contributed by atoms with Crippen LogP contribution in [0.3, 0.4) is 0 Å². The number of nitrogens with two attached hydrogens (primary N) is 1. The third-order valence-electron chi connectivity index (χ3n) is 2.53. The molecule has 0 aliphatic rings. The van der Waals surface area contributed by atoms with Crippen LogP contribution in [0.5, 0.6) is 0 Å². The summed E-state index contributed by atoms with van der Waals surface area (Å²) in [5.74, 6) is -0.0746. The minimum atomic E-state index is -0.0746. The number of ether oxygens (including phenoxy) is 1. The second-order valence-electron chi connectivity index (χ2n) is 4.18. The van der Waals surface area contributed by atoms with Gasteiger partial charge in [-0.3, -0.25) is 4.79 Å². The molecule has 3 N–H and O–H groups in total. The molecule has 1 aromatic carbocycles. The summed E-state index contributed by atoms with van der Waals surface area (Å²) >= 11 is 0. The topological polar surface area (TPSA) is 64.3 Å². The Bertz CT molecular complexity index is 349. The van der Waals surface area contributed by atoms with Gasteiger partial charge in [-0.1, -0.05) is 31.2 Å². The van der Waals surface area contributed by atoms with Crippen molar-refractivity contribution in [2.45, 2.75) is 26.3 Å². The van der Waals surface area contributed by atoms with Crippen molar-refractivity contribution >= 4 is 5.91 Å². The van der Waals surface area contributed by atoms with Crippen molar-refractivity contribution in [2.75, 3.05) is 19.8 Å². The van der Waals surface area contributed by atoms with Gasteiger partial charge in [0.1, 0.15) is 6.61 Å². The zero-order chi connectivity index (χ0) is 13.2. The van der Waals surface area contributed by atoms with Crippen molar-refractivity contribution in [3.8, 4) is 0 Å². The molecule has 0 heterocycles. The van der Waals surface area contributed by atoms with Crippen molar-refractivity contribution in [2.24, 2.45) is 5.73 Å². The molecular formula is C14H22N2O2. The highest BCUT2D eigenvalue weighted by molar-refractivity contribution is 5.77. The molecule has 0 aliphatic carbocycles. The van der Waals surface area contributed by atoms with E-state index in [1.54, 1.807) is 0 Å². The average molecular weight is 250 g/mol. The summed E-state index contributed by atoms with van der Waals surface area (Å²) in [6.07, 6.45) is 1.81. The van der Waals surface area contributed by atoms with E-state index in [0.717, 1.165) is 18.4 Å². The molecule has 100 valence electrons. The van der Waals surface area contributed by atoms with Crippen LogP contribution in [0.4, 0.5) is 0 Å². The number of nitrogens with one attached hydrogen (secondary N) is 1. The quantitative estimate of drug-likeness (QED) is 0.682. The molecule has 0 saturated heterocycles. The first-order valence-corrected chi connectivity index (χ1v) is 6.38. The van der Waals surface area contributed by atoms with Crippen LogP contribution in [0.15, 0.2) is 24.3 Å². The first-order valence-electron chi connectivity index (χ1n) is 6.38. The van der Waals surface area contributed by atoms with Gasteiger partial charge in [-0.2, -0.15) is 0 Å². The third kappa shape index (κ3) is 5.80. The van der Waals surface area contributed by atoms with E-state index in [2.05, 4.69) is 5.32 Å². The fraction of sp³-hybridized carbons (Fsp3) is 0.500. The molecule has 0 unspecified atom stereocenters. The molecule has 0 aromatic heterocycles. The number of carbonyl (C=O) groups is 1. The van der Waals surface area contributed by atoms with Gasteiger partial charge in [-0.15, -0.1) is 0 Å². The second kappa shape index (κ2) is 8.66. The molecule has 4 heteroatoms. The maximum absolute atomic E-state index is 11.4. The summed E-state index contributed by atoms with van der Waals surface area (Å²) < 4.78 is 5.16. The van der Waals surface area contributed by atoms with E-state index >= 15 is 0 Å². The van der Waals surface area contributed by atoms with Crippen LogP contribution in [0.1, 0.15) is 24.5 Å². The first kappa shape index (κ1) is 14.7. The first-order chi connectivity index (χ1) is 8.76. The Labute approximate surface area is 109 Å². The largest absolute Gasteiger partial charge is 0.372 e. The number of rotatable bonds is 8. The van der Waals surface area contributed by atoms with Crippen molar-refractivity contribution in [1.29, 1.82) is 0 Å². The minimum Gasteiger partial charge on any atom is -0.372 e. The number of hydrogen-bond donors (Lipinski definition) is 2. The molecule has 0 saturated carbocycles. The van der Waals surface area contributed by atoms with E-state index in [9.17, 15) is 4.79 Å². The van der Waals surface area contributed by atoms with Crippen LogP contribution in [0.25, 0.3) is 0 Å². The normalized spacial score (nSPS) is 10.3. The maximum atomic E-state index is 11.4. The maximum Gasteiger partial charge on any atom is 0.246 e. The Balaban J connectivity index is 2.27. The zero-order valence-electron chi connectivity index (χ0n) is 10.9. The van der Waals surface area contributed by atoms with E-state index < -0.39 is 0 Å². The Morgan fingerprint density at radius 3 is 2.56 bits per heavy atom. The minimum absolute atomic E-state index is 0.0746.